The molecule has 2 rings (SSSR count). The molecule has 0 saturated heterocycles. The fourth-order valence-corrected chi connectivity index (χ4v) is 2.39. The third kappa shape index (κ3) is 3.32. The molecule has 1 heterocycles. The average molecular weight is 276 g/mol. The first-order chi connectivity index (χ1) is 9.22. The Bertz CT molecular complexity index is 540. The summed E-state index contributed by atoms with van der Waals surface area (Å²) in [7, 11) is 0. The quantitative estimate of drug-likeness (QED) is 0.852. The van der Waals surface area contributed by atoms with Gasteiger partial charge in [-0.2, -0.15) is 0 Å². The van der Waals surface area contributed by atoms with Gasteiger partial charge >= 0.3 is 5.97 Å². The lowest BCUT2D eigenvalue weighted by atomic mass is 10.1. The van der Waals surface area contributed by atoms with E-state index in [2.05, 4.69) is 10.3 Å². The number of ether oxygens (including phenoxy) is 1. The summed E-state index contributed by atoms with van der Waals surface area (Å²) in [5.74, 6) is -0.282. The van der Waals surface area contributed by atoms with Crippen LogP contribution in [0.5, 0.6) is 0 Å². The molecular formula is C14H16N2O2S. The molecule has 4 nitrogen and oxygen atoms in total. The SMILES string of the molecule is CCOC(=O)C(Nc1ccccc1C)c1cncs1. The maximum absolute atomic E-state index is 12.1. The van der Waals surface area contributed by atoms with Gasteiger partial charge in [-0.25, -0.2) is 4.79 Å². The number of hydrogen-bond acceptors (Lipinski definition) is 5. The zero-order valence-corrected chi connectivity index (χ0v) is 11.7. The highest BCUT2D eigenvalue weighted by Crippen LogP contribution is 2.25. The van der Waals surface area contributed by atoms with Gasteiger partial charge in [0.1, 0.15) is 0 Å². The van der Waals surface area contributed by atoms with Gasteiger partial charge in [0.15, 0.2) is 6.04 Å². The molecule has 0 aliphatic rings. The molecule has 0 bridgehead atoms. The van der Waals surface area contributed by atoms with Crippen LogP contribution in [0.2, 0.25) is 0 Å². The Morgan fingerprint density at radius 1 is 1.47 bits per heavy atom. The van der Waals surface area contributed by atoms with Gasteiger partial charge in [-0.05, 0) is 25.5 Å². The molecule has 1 aromatic heterocycles. The highest BCUT2D eigenvalue weighted by Gasteiger charge is 2.23. The van der Waals surface area contributed by atoms with Crippen LogP contribution in [0, 0.1) is 6.92 Å². The summed E-state index contributed by atoms with van der Waals surface area (Å²) in [6.45, 7) is 4.16. The Balaban J connectivity index is 2.24. The summed E-state index contributed by atoms with van der Waals surface area (Å²) in [6.07, 6.45) is 1.69. The number of nitrogens with zero attached hydrogens (tertiary/aromatic N) is 1. The Kier molecular flexibility index (Phi) is 4.52. The number of aryl methyl sites for hydroxylation is 1. The molecule has 0 spiro atoms. The van der Waals surface area contributed by atoms with Crippen LogP contribution in [0.15, 0.2) is 36.0 Å². The molecule has 0 saturated carbocycles. The molecule has 1 N–H and O–H groups in total. The summed E-state index contributed by atoms with van der Waals surface area (Å²) in [5, 5.41) is 3.23. The van der Waals surface area contributed by atoms with Crippen molar-refractivity contribution in [2.24, 2.45) is 0 Å². The van der Waals surface area contributed by atoms with Crippen molar-refractivity contribution in [3.05, 3.63) is 46.4 Å². The number of hydrogen-bond donors (Lipinski definition) is 1. The third-order valence-electron chi connectivity index (χ3n) is 2.70. The zero-order valence-electron chi connectivity index (χ0n) is 10.9. The normalized spacial score (nSPS) is 11.9. The lowest BCUT2D eigenvalue weighted by Crippen LogP contribution is -2.23. The van der Waals surface area contributed by atoms with E-state index in [4.69, 9.17) is 4.74 Å². The van der Waals surface area contributed by atoms with Crippen LogP contribution >= 0.6 is 11.3 Å². The first kappa shape index (κ1) is 13.5. The predicted octanol–water partition coefficient (Wildman–Crippen LogP) is 3.17. The molecule has 0 amide bonds. The van der Waals surface area contributed by atoms with Gasteiger partial charge < -0.3 is 10.1 Å². The van der Waals surface area contributed by atoms with E-state index in [0.717, 1.165) is 16.1 Å². The third-order valence-corrected chi connectivity index (χ3v) is 3.54. The van der Waals surface area contributed by atoms with E-state index in [1.165, 1.54) is 11.3 Å². The van der Waals surface area contributed by atoms with Crippen LogP contribution in [-0.2, 0) is 9.53 Å². The molecule has 0 fully saturated rings. The van der Waals surface area contributed by atoms with Crippen molar-refractivity contribution < 1.29 is 9.53 Å². The maximum Gasteiger partial charge on any atom is 0.334 e. The highest BCUT2D eigenvalue weighted by molar-refractivity contribution is 7.09. The van der Waals surface area contributed by atoms with Crippen LogP contribution in [0.1, 0.15) is 23.4 Å². The molecule has 100 valence electrons. The van der Waals surface area contributed by atoms with E-state index in [0.29, 0.717) is 6.61 Å². The number of esters is 1. The molecule has 19 heavy (non-hydrogen) atoms. The number of carbonyl (C=O) groups excluding carboxylic acids is 1. The maximum atomic E-state index is 12.1. The second kappa shape index (κ2) is 6.33. The number of carbonyl (C=O) groups is 1. The number of rotatable bonds is 5. The second-order valence-corrected chi connectivity index (χ2v) is 4.97. The largest absolute Gasteiger partial charge is 0.464 e. The zero-order chi connectivity index (χ0) is 13.7. The topological polar surface area (TPSA) is 51.2 Å². The minimum atomic E-state index is -0.506. The van der Waals surface area contributed by atoms with Crippen LogP contribution in [0.3, 0.4) is 0 Å². The molecule has 0 radical (unpaired) electrons. The summed E-state index contributed by atoms with van der Waals surface area (Å²) in [5.41, 5.74) is 3.72. The smallest absolute Gasteiger partial charge is 0.334 e. The van der Waals surface area contributed by atoms with Gasteiger partial charge in [0.2, 0.25) is 0 Å². The van der Waals surface area contributed by atoms with E-state index in [9.17, 15) is 4.79 Å². The Morgan fingerprint density at radius 3 is 2.89 bits per heavy atom. The van der Waals surface area contributed by atoms with E-state index in [1.807, 2.05) is 31.2 Å². The van der Waals surface area contributed by atoms with E-state index in [-0.39, 0.29) is 5.97 Å². The number of benzene rings is 1. The van der Waals surface area contributed by atoms with E-state index < -0.39 is 6.04 Å². The Labute approximate surface area is 116 Å². The monoisotopic (exact) mass is 276 g/mol. The van der Waals surface area contributed by atoms with Crippen molar-refractivity contribution in [1.29, 1.82) is 0 Å². The molecule has 0 aliphatic carbocycles. The number of aromatic nitrogens is 1. The van der Waals surface area contributed by atoms with Gasteiger partial charge in [0.05, 0.1) is 17.0 Å². The molecule has 5 heteroatoms. The minimum Gasteiger partial charge on any atom is -0.464 e. The van der Waals surface area contributed by atoms with Gasteiger partial charge in [0.25, 0.3) is 0 Å². The summed E-state index contributed by atoms with van der Waals surface area (Å²) in [4.78, 5) is 16.9. The van der Waals surface area contributed by atoms with E-state index in [1.54, 1.807) is 18.6 Å². The predicted molar refractivity (Wildman–Crippen MR) is 76.3 cm³/mol. The van der Waals surface area contributed by atoms with E-state index >= 15 is 0 Å². The van der Waals surface area contributed by atoms with Gasteiger partial charge in [-0.1, -0.05) is 18.2 Å². The molecular weight excluding hydrogens is 260 g/mol. The molecule has 1 atom stereocenters. The minimum absolute atomic E-state index is 0.282. The summed E-state index contributed by atoms with van der Waals surface area (Å²) in [6, 6.07) is 7.34. The first-order valence-corrected chi connectivity index (χ1v) is 6.97. The van der Waals surface area contributed by atoms with Crippen molar-refractivity contribution >= 4 is 23.0 Å². The van der Waals surface area contributed by atoms with Crippen LogP contribution in [0.25, 0.3) is 0 Å². The summed E-state index contributed by atoms with van der Waals surface area (Å²) >= 11 is 1.44. The lowest BCUT2D eigenvalue weighted by Gasteiger charge is -2.18. The van der Waals surface area contributed by atoms with Crippen LogP contribution < -0.4 is 5.32 Å². The fourth-order valence-electron chi connectivity index (χ4n) is 1.73. The number of thiazole rings is 1. The Hall–Kier alpha value is -1.88. The van der Waals surface area contributed by atoms with Crippen LogP contribution in [0.4, 0.5) is 5.69 Å². The lowest BCUT2D eigenvalue weighted by molar-refractivity contribution is -0.144. The number of para-hydroxylation sites is 1. The van der Waals surface area contributed by atoms with Gasteiger partial charge in [-0.3, -0.25) is 4.98 Å². The van der Waals surface area contributed by atoms with Gasteiger partial charge in [-0.15, -0.1) is 11.3 Å². The highest BCUT2D eigenvalue weighted by atomic mass is 32.1. The standard InChI is InChI=1S/C14H16N2O2S/c1-3-18-14(17)13(12-8-15-9-19-12)16-11-7-5-4-6-10(11)2/h4-9,13,16H,3H2,1-2H3. The fraction of sp³-hybridized carbons (Fsp3) is 0.286. The van der Waals surface area contributed by atoms with Crippen molar-refractivity contribution in [3.8, 4) is 0 Å². The Morgan fingerprint density at radius 2 is 2.26 bits per heavy atom. The van der Waals surface area contributed by atoms with Crippen molar-refractivity contribution in [1.82, 2.24) is 4.98 Å². The second-order valence-electron chi connectivity index (χ2n) is 4.05. The average Bonchev–Trinajstić information content (AvgIpc) is 2.91. The number of nitrogens with one attached hydrogen (secondary N) is 1. The van der Waals surface area contributed by atoms with Crippen LogP contribution in [-0.4, -0.2) is 17.6 Å². The molecule has 0 aliphatic heterocycles. The molecule has 1 aromatic carbocycles. The first-order valence-electron chi connectivity index (χ1n) is 6.09. The number of anilines is 1. The van der Waals surface area contributed by atoms with Gasteiger partial charge in [0, 0.05) is 11.9 Å². The molecule has 1 unspecified atom stereocenters. The van der Waals surface area contributed by atoms with Crippen molar-refractivity contribution in [3.63, 3.8) is 0 Å². The van der Waals surface area contributed by atoms with Crippen molar-refractivity contribution in [2.45, 2.75) is 19.9 Å². The summed E-state index contributed by atoms with van der Waals surface area (Å²) < 4.78 is 5.12. The van der Waals surface area contributed by atoms with Crippen molar-refractivity contribution in [2.75, 3.05) is 11.9 Å². The molecule has 2 aromatic rings.